The van der Waals surface area contributed by atoms with E-state index >= 15 is 0 Å². The number of nitrogens with one attached hydrogen (secondary N) is 1. The van der Waals surface area contributed by atoms with E-state index in [2.05, 4.69) is 21.4 Å². The highest BCUT2D eigenvalue weighted by Crippen LogP contribution is 2.28. The number of nitrogens with zero attached hydrogens (tertiary/aromatic N) is 5. The molecule has 0 unspecified atom stereocenters. The van der Waals surface area contributed by atoms with Crippen LogP contribution >= 0.6 is 0 Å². The molecule has 9 nitrogen and oxygen atoms in total. The standard InChI is InChI=1S/C23H32N6O3/c24-15-19-3-1-12-29(19)21(30)16-27-18-6-4-17(5-7-18)22(31)28-13-8-20(9-14-28)32-23-25-10-2-11-26-23/h2,10-11,17-20,27H,1,3-9,12-14,16H2/t17-,18-,19-/m0/s1. The molecular weight excluding hydrogens is 408 g/mol. The van der Waals surface area contributed by atoms with E-state index < -0.39 is 0 Å². The van der Waals surface area contributed by atoms with Gasteiger partial charge in [0.25, 0.3) is 0 Å². The van der Waals surface area contributed by atoms with E-state index in [4.69, 9.17) is 10.00 Å². The molecule has 1 atom stereocenters. The number of likely N-dealkylation sites (tertiary alicyclic amines) is 2. The Morgan fingerprint density at radius 1 is 1.06 bits per heavy atom. The lowest BCUT2D eigenvalue weighted by atomic mass is 9.84. The molecule has 0 radical (unpaired) electrons. The number of ether oxygens (including phenoxy) is 1. The Kier molecular flexibility index (Phi) is 7.53. The molecule has 172 valence electrons. The van der Waals surface area contributed by atoms with Gasteiger partial charge in [0.15, 0.2) is 0 Å². The van der Waals surface area contributed by atoms with Crippen LogP contribution in [-0.4, -0.2) is 75.9 Å². The lowest BCUT2D eigenvalue weighted by Gasteiger charge is -2.36. The molecule has 1 aromatic heterocycles. The van der Waals surface area contributed by atoms with E-state index in [0.717, 1.165) is 51.4 Å². The molecule has 1 N–H and O–H groups in total. The fourth-order valence-electron chi connectivity index (χ4n) is 5.02. The molecule has 32 heavy (non-hydrogen) atoms. The first-order chi connectivity index (χ1) is 15.6. The van der Waals surface area contributed by atoms with Crippen LogP contribution in [0.1, 0.15) is 51.4 Å². The van der Waals surface area contributed by atoms with Gasteiger partial charge in [-0.1, -0.05) is 0 Å². The van der Waals surface area contributed by atoms with Gasteiger partial charge in [0.2, 0.25) is 11.8 Å². The maximum atomic E-state index is 13.0. The molecule has 0 spiro atoms. The predicted molar refractivity (Wildman–Crippen MR) is 116 cm³/mol. The van der Waals surface area contributed by atoms with E-state index in [1.165, 1.54) is 0 Å². The van der Waals surface area contributed by atoms with Crippen molar-refractivity contribution < 1.29 is 14.3 Å². The number of rotatable bonds is 6. The first-order valence-corrected chi connectivity index (χ1v) is 11.8. The van der Waals surface area contributed by atoms with Crippen molar-refractivity contribution in [3.05, 3.63) is 18.5 Å². The van der Waals surface area contributed by atoms with Gasteiger partial charge in [-0.25, -0.2) is 9.97 Å². The summed E-state index contributed by atoms with van der Waals surface area (Å²) in [6, 6.07) is 4.36. The van der Waals surface area contributed by atoms with Gasteiger partial charge >= 0.3 is 6.01 Å². The average molecular weight is 441 g/mol. The van der Waals surface area contributed by atoms with Crippen molar-refractivity contribution in [2.24, 2.45) is 5.92 Å². The first-order valence-electron chi connectivity index (χ1n) is 11.8. The number of aromatic nitrogens is 2. The summed E-state index contributed by atoms with van der Waals surface area (Å²) in [6.45, 7) is 2.37. The van der Waals surface area contributed by atoms with Crippen molar-refractivity contribution in [1.82, 2.24) is 25.1 Å². The van der Waals surface area contributed by atoms with Crippen molar-refractivity contribution in [1.29, 1.82) is 5.26 Å². The number of piperidine rings is 1. The van der Waals surface area contributed by atoms with Gasteiger partial charge in [0.1, 0.15) is 12.1 Å². The van der Waals surface area contributed by atoms with Crippen LogP contribution in [0.25, 0.3) is 0 Å². The van der Waals surface area contributed by atoms with Gasteiger partial charge in [-0.3, -0.25) is 9.59 Å². The van der Waals surface area contributed by atoms with Crippen LogP contribution < -0.4 is 10.1 Å². The number of hydrogen-bond donors (Lipinski definition) is 1. The molecule has 1 aliphatic carbocycles. The van der Waals surface area contributed by atoms with Crippen molar-refractivity contribution in [3.8, 4) is 12.1 Å². The number of amides is 2. The fraction of sp³-hybridized carbons (Fsp3) is 0.696. The van der Waals surface area contributed by atoms with Crippen molar-refractivity contribution >= 4 is 11.8 Å². The minimum atomic E-state index is -0.271. The minimum absolute atomic E-state index is 0.0123. The molecular formula is C23H32N6O3. The normalized spacial score (nSPS) is 26.5. The fourth-order valence-corrected chi connectivity index (χ4v) is 5.02. The summed E-state index contributed by atoms with van der Waals surface area (Å²) >= 11 is 0. The van der Waals surface area contributed by atoms with Crippen LogP contribution in [0.15, 0.2) is 18.5 Å². The summed E-state index contributed by atoms with van der Waals surface area (Å²) in [6.07, 6.45) is 10.1. The molecule has 9 heteroatoms. The monoisotopic (exact) mass is 440 g/mol. The Balaban J connectivity index is 1.15. The van der Waals surface area contributed by atoms with Gasteiger partial charge in [0.05, 0.1) is 12.6 Å². The Morgan fingerprint density at radius 2 is 1.78 bits per heavy atom. The average Bonchev–Trinajstić information content (AvgIpc) is 3.33. The topological polar surface area (TPSA) is 111 Å². The molecule has 0 aromatic carbocycles. The Bertz CT molecular complexity index is 813. The molecule has 2 aliphatic heterocycles. The zero-order chi connectivity index (χ0) is 22.3. The molecule has 3 heterocycles. The van der Waals surface area contributed by atoms with Gasteiger partial charge in [0, 0.05) is 56.8 Å². The summed E-state index contributed by atoms with van der Waals surface area (Å²) in [5, 5.41) is 12.5. The van der Waals surface area contributed by atoms with E-state index in [1.54, 1.807) is 23.4 Å². The summed E-state index contributed by atoms with van der Waals surface area (Å²) in [7, 11) is 0. The Labute approximate surface area is 189 Å². The van der Waals surface area contributed by atoms with Gasteiger partial charge < -0.3 is 19.9 Å². The summed E-state index contributed by atoms with van der Waals surface area (Å²) in [4.78, 5) is 37.3. The molecule has 0 bridgehead atoms. The zero-order valence-corrected chi connectivity index (χ0v) is 18.5. The molecule has 1 aromatic rings. The van der Waals surface area contributed by atoms with Gasteiger partial charge in [-0.2, -0.15) is 5.26 Å². The van der Waals surface area contributed by atoms with Crippen LogP contribution in [0.4, 0.5) is 0 Å². The quantitative estimate of drug-likeness (QED) is 0.714. The largest absolute Gasteiger partial charge is 0.460 e. The van der Waals surface area contributed by atoms with Crippen molar-refractivity contribution in [3.63, 3.8) is 0 Å². The molecule has 4 rings (SSSR count). The third-order valence-corrected chi connectivity index (χ3v) is 6.91. The van der Waals surface area contributed by atoms with Gasteiger partial charge in [-0.15, -0.1) is 0 Å². The number of hydrogen-bond acceptors (Lipinski definition) is 7. The maximum Gasteiger partial charge on any atom is 0.316 e. The number of nitriles is 1. The van der Waals surface area contributed by atoms with E-state index in [1.807, 2.05) is 4.90 Å². The summed E-state index contributed by atoms with van der Waals surface area (Å²) in [5.74, 6) is 0.335. The predicted octanol–water partition coefficient (Wildman–Crippen LogP) is 1.51. The maximum absolute atomic E-state index is 13.0. The lowest BCUT2D eigenvalue weighted by Crippen LogP contribution is -2.47. The van der Waals surface area contributed by atoms with Crippen LogP contribution in [0.5, 0.6) is 6.01 Å². The van der Waals surface area contributed by atoms with E-state index in [9.17, 15) is 9.59 Å². The molecule has 2 saturated heterocycles. The zero-order valence-electron chi connectivity index (χ0n) is 18.5. The molecule has 1 saturated carbocycles. The van der Waals surface area contributed by atoms with Crippen LogP contribution in [-0.2, 0) is 9.59 Å². The highest BCUT2D eigenvalue weighted by molar-refractivity contribution is 5.80. The second-order valence-electron chi connectivity index (χ2n) is 8.98. The molecule has 2 amide bonds. The second kappa shape index (κ2) is 10.7. The minimum Gasteiger partial charge on any atom is -0.460 e. The SMILES string of the molecule is N#C[C@@H]1CCCN1C(=O)CN[C@H]1CC[C@H](C(=O)N2CCC(Oc3ncccn3)CC2)CC1. The summed E-state index contributed by atoms with van der Waals surface area (Å²) < 4.78 is 5.82. The van der Waals surface area contributed by atoms with Crippen LogP contribution in [0.2, 0.25) is 0 Å². The highest BCUT2D eigenvalue weighted by Gasteiger charge is 2.33. The highest BCUT2D eigenvalue weighted by atomic mass is 16.5. The van der Waals surface area contributed by atoms with Crippen molar-refractivity contribution in [2.45, 2.75) is 69.6 Å². The van der Waals surface area contributed by atoms with Crippen molar-refractivity contribution in [2.75, 3.05) is 26.2 Å². The number of carbonyl (C=O) groups excluding carboxylic acids is 2. The molecule has 3 aliphatic rings. The molecule has 3 fully saturated rings. The lowest BCUT2D eigenvalue weighted by molar-refractivity contribution is -0.138. The second-order valence-corrected chi connectivity index (χ2v) is 8.98. The third-order valence-electron chi connectivity index (χ3n) is 6.91. The third kappa shape index (κ3) is 5.54. The Morgan fingerprint density at radius 3 is 2.47 bits per heavy atom. The smallest absolute Gasteiger partial charge is 0.316 e. The van der Waals surface area contributed by atoms with E-state index in [0.29, 0.717) is 25.6 Å². The first kappa shape index (κ1) is 22.5. The van der Waals surface area contributed by atoms with Gasteiger partial charge in [-0.05, 0) is 44.6 Å². The summed E-state index contributed by atoms with van der Waals surface area (Å²) in [5.41, 5.74) is 0. The Hall–Kier alpha value is -2.73. The van der Waals surface area contributed by atoms with E-state index in [-0.39, 0.29) is 42.5 Å². The van der Waals surface area contributed by atoms with Crippen LogP contribution in [0.3, 0.4) is 0 Å². The van der Waals surface area contributed by atoms with Crippen LogP contribution in [0, 0.1) is 17.2 Å². The number of carbonyl (C=O) groups is 2.